The zero-order valence-electron chi connectivity index (χ0n) is 16.4. The van der Waals surface area contributed by atoms with Crippen molar-refractivity contribution in [1.29, 1.82) is 0 Å². The zero-order valence-corrected chi connectivity index (χ0v) is 16.4. The number of fused-ring (bicyclic) bond motifs is 2. The Bertz CT molecular complexity index is 1260. The van der Waals surface area contributed by atoms with E-state index in [1.165, 1.54) is 22.4 Å². The molecule has 156 valence electrons. The standard InChI is InChI=1S/C20H19FN4O5/c1-22-14(27)8-24-7-12(11-6-10(9-26)17(28)18(30-2)16(11)21)15-19(24)23-13-4-3-5-25(13)20(15)29/h6-7,9,28H,3-5,8H2,1-2H3,(H,22,27). The van der Waals surface area contributed by atoms with Gasteiger partial charge in [-0.15, -0.1) is 0 Å². The van der Waals surface area contributed by atoms with E-state index in [0.717, 1.165) is 19.6 Å². The summed E-state index contributed by atoms with van der Waals surface area (Å²) in [7, 11) is 2.64. The number of nitrogens with zero attached hydrogens (tertiary/aromatic N) is 3. The number of rotatable bonds is 5. The summed E-state index contributed by atoms with van der Waals surface area (Å²) in [6.45, 7) is 0.373. The maximum Gasteiger partial charge on any atom is 0.263 e. The molecule has 2 aromatic heterocycles. The highest BCUT2D eigenvalue weighted by Gasteiger charge is 2.27. The molecule has 2 N–H and O–H groups in total. The van der Waals surface area contributed by atoms with Crippen molar-refractivity contribution in [3.05, 3.63) is 39.8 Å². The average Bonchev–Trinajstić information content (AvgIpc) is 3.34. The number of hydrogen-bond acceptors (Lipinski definition) is 6. The van der Waals surface area contributed by atoms with Gasteiger partial charge in [0.1, 0.15) is 18.0 Å². The van der Waals surface area contributed by atoms with Gasteiger partial charge in [0, 0.05) is 37.3 Å². The quantitative estimate of drug-likeness (QED) is 0.607. The highest BCUT2D eigenvalue weighted by molar-refractivity contribution is 5.97. The first-order chi connectivity index (χ1) is 14.4. The third-order valence-corrected chi connectivity index (χ3v) is 5.28. The molecule has 30 heavy (non-hydrogen) atoms. The summed E-state index contributed by atoms with van der Waals surface area (Å²) in [5, 5.41) is 12.7. The van der Waals surface area contributed by atoms with Crippen molar-refractivity contribution in [2.45, 2.75) is 25.9 Å². The number of amides is 1. The monoisotopic (exact) mass is 414 g/mol. The number of halogens is 1. The van der Waals surface area contributed by atoms with Gasteiger partial charge in [-0.1, -0.05) is 0 Å². The second-order valence-electron chi connectivity index (χ2n) is 6.96. The van der Waals surface area contributed by atoms with Gasteiger partial charge in [-0.2, -0.15) is 0 Å². The highest BCUT2D eigenvalue weighted by atomic mass is 19.1. The third-order valence-electron chi connectivity index (χ3n) is 5.28. The van der Waals surface area contributed by atoms with Gasteiger partial charge in [0.2, 0.25) is 5.91 Å². The molecule has 1 aromatic carbocycles. The van der Waals surface area contributed by atoms with Crippen molar-refractivity contribution in [3.63, 3.8) is 0 Å². The molecule has 0 radical (unpaired) electrons. The summed E-state index contributed by atoms with van der Waals surface area (Å²) in [6.07, 6.45) is 3.21. The van der Waals surface area contributed by atoms with E-state index in [4.69, 9.17) is 4.74 Å². The number of ether oxygens (including phenoxy) is 1. The average molecular weight is 414 g/mol. The maximum atomic E-state index is 15.2. The van der Waals surface area contributed by atoms with Gasteiger partial charge < -0.3 is 19.7 Å². The van der Waals surface area contributed by atoms with Crippen LogP contribution < -0.4 is 15.6 Å². The Morgan fingerprint density at radius 3 is 2.87 bits per heavy atom. The van der Waals surface area contributed by atoms with Gasteiger partial charge in [0.25, 0.3) is 5.56 Å². The van der Waals surface area contributed by atoms with Crippen LogP contribution in [0, 0.1) is 5.82 Å². The fourth-order valence-electron chi connectivity index (χ4n) is 3.80. The second kappa shape index (κ2) is 7.29. The topological polar surface area (TPSA) is 115 Å². The Kier molecular flexibility index (Phi) is 4.76. The molecular weight excluding hydrogens is 395 g/mol. The van der Waals surface area contributed by atoms with Crippen LogP contribution in [0.25, 0.3) is 22.2 Å². The first kappa shape index (κ1) is 19.6. The highest BCUT2D eigenvalue weighted by Crippen LogP contribution is 2.40. The fraction of sp³-hybridized carbons (Fsp3) is 0.300. The van der Waals surface area contributed by atoms with Gasteiger partial charge in [-0.05, 0) is 12.5 Å². The van der Waals surface area contributed by atoms with Crippen LogP contribution in [0.15, 0.2) is 17.1 Å². The number of aromatic hydroxyl groups is 1. The third kappa shape index (κ3) is 2.83. The molecule has 0 spiro atoms. The van der Waals surface area contributed by atoms with E-state index in [0.29, 0.717) is 25.1 Å². The Morgan fingerprint density at radius 1 is 1.43 bits per heavy atom. The van der Waals surface area contributed by atoms with Gasteiger partial charge in [0.15, 0.2) is 23.6 Å². The number of methoxy groups -OCH3 is 1. The van der Waals surface area contributed by atoms with Crippen molar-refractivity contribution in [3.8, 4) is 22.6 Å². The Labute approximate surface area is 169 Å². The molecule has 3 heterocycles. The minimum absolute atomic E-state index is 0.107. The minimum atomic E-state index is -0.926. The molecule has 0 bridgehead atoms. The number of hydrogen-bond donors (Lipinski definition) is 2. The number of aryl methyl sites for hydroxylation is 1. The predicted molar refractivity (Wildman–Crippen MR) is 105 cm³/mol. The van der Waals surface area contributed by atoms with Gasteiger partial charge in [-0.3, -0.25) is 19.0 Å². The molecular formula is C20H19FN4O5. The molecule has 0 saturated heterocycles. The fourth-order valence-corrected chi connectivity index (χ4v) is 3.80. The van der Waals surface area contributed by atoms with Crippen molar-refractivity contribution in [2.24, 2.45) is 0 Å². The normalized spacial score (nSPS) is 12.8. The lowest BCUT2D eigenvalue weighted by Crippen LogP contribution is -2.24. The number of likely N-dealkylation sites (N-methyl/N-ethyl adjacent to an activating group) is 1. The van der Waals surface area contributed by atoms with E-state index in [1.807, 2.05) is 0 Å². The number of aromatic nitrogens is 3. The number of nitrogens with one attached hydrogen (secondary N) is 1. The first-order valence-corrected chi connectivity index (χ1v) is 9.29. The number of benzene rings is 1. The van der Waals surface area contributed by atoms with E-state index >= 15 is 4.39 Å². The summed E-state index contributed by atoms with van der Waals surface area (Å²) >= 11 is 0. The summed E-state index contributed by atoms with van der Waals surface area (Å²) in [5.74, 6) is -1.77. The van der Waals surface area contributed by atoms with E-state index in [1.54, 1.807) is 0 Å². The Hall–Kier alpha value is -3.69. The van der Waals surface area contributed by atoms with E-state index < -0.39 is 17.3 Å². The number of phenols is 1. The van der Waals surface area contributed by atoms with Crippen molar-refractivity contribution in [2.75, 3.05) is 14.2 Å². The number of phenolic OH excluding ortho intramolecular Hbond substituents is 1. The SMILES string of the molecule is CNC(=O)Cn1cc(-c2cc(C=O)c(O)c(OC)c2F)c2c(=O)n3c(nc21)CCC3. The van der Waals surface area contributed by atoms with Crippen molar-refractivity contribution in [1.82, 2.24) is 19.4 Å². The zero-order chi connectivity index (χ0) is 21.6. The predicted octanol–water partition coefficient (Wildman–Crippen LogP) is 1.22. The Morgan fingerprint density at radius 2 is 2.20 bits per heavy atom. The molecule has 4 rings (SSSR count). The van der Waals surface area contributed by atoms with Crippen molar-refractivity contribution >= 4 is 23.2 Å². The molecule has 0 saturated carbocycles. The lowest BCUT2D eigenvalue weighted by atomic mass is 10.0. The lowest BCUT2D eigenvalue weighted by Gasteiger charge is -2.11. The van der Waals surface area contributed by atoms with Gasteiger partial charge in [-0.25, -0.2) is 9.37 Å². The number of carbonyl (C=O) groups is 2. The van der Waals surface area contributed by atoms with Crippen LogP contribution in [0.1, 0.15) is 22.6 Å². The maximum absolute atomic E-state index is 15.2. The number of aldehydes is 1. The molecule has 1 aliphatic rings. The molecule has 10 heteroatoms. The lowest BCUT2D eigenvalue weighted by molar-refractivity contribution is -0.121. The summed E-state index contributed by atoms with van der Waals surface area (Å²) in [4.78, 5) is 41.1. The second-order valence-corrected chi connectivity index (χ2v) is 6.96. The van der Waals surface area contributed by atoms with Crippen LogP contribution in [-0.2, 0) is 24.3 Å². The van der Waals surface area contributed by atoms with Gasteiger partial charge >= 0.3 is 0 Å². The summed E-state index contributed by atoms with van der Waals surface area (Å²) < 4.78 is 23.1. The first-order valence-electron chi connectivity index (χ1n) is 9.29. The largest absolute Gasteiger partial charge is 0.504 e. The van der Waals surface area contributed by atoms with Crippen LogP contribution in [0.4, 0.5) is 4.39 Å². The van der Waals surface area contributed by atoms with Crippen molar-refractivity contribution < 1.29 is 23.8 Å². The molecule has 0 aliphatic carbocycles. The molecule has 0 atom stereocenters. The summed E-state index contributed by atoms with van der Waals surface area (Å²) in [6, 6.07) is 1.15. The van der Waals surface area contributed by atoms with E-state index in [-0.39, 0.29) is 45.7 Å². The minimum Gasteiger partial charge on any atom is -0.504 e. The Balaban J connectivity index is 2.09. The van der Waals surface area contributed by atoms with Crippen LogP contribution in [-0.4, -0.2) is 45.6 Å². The smallest absolute Gasteiger partial charge is 0.263 e. The molecule has 0 fully saturated rings. The van der Waals surface area contributed by atoms with E-state index in [2.05, 4.69) is 10.3 Å². The molecule has 1 amide bonds. The number of carbonyl (C=O) groups excluding carboxylic acids is 2. The molecule has 9 nitrogen and oxygen atoms in total. The van der Waals surface area contributed by atoms with Crippen LogP contribution in [0.5, 0.6) is 11.5 Å². The molecule has 3 aromatic rings. The van der Waals surface area contributed by atoms with Crippen LogP contribution in [0.3, 0.4) is 0 Å². The summed E-state index contributed by atoms with van der Waals surface area (Å²) in [5.41, 5.74) is -0.231. The van der Waals surface area contributed by atoms with E-state index in [9.17, 15) is 19.5 Å². The van der Waals surface area contributed by atoms with Gasteiger partial charge in [0.05, 0.1) is 18.1 Å². The molecule has 1 aliphatic heterocycles. The van der Waals surface area contributed by atoms with Crippen LogP contribution in [0.2, 0.25) is 0 Å². The van der Waals surface area contributed by atoms with Crippen LogP contribution >= 0.6 is 0 Å². The molecule has 0 unspecified atom stereocenters.